The summed E-state index contributed by atoms with van der Waals surface area (Å²) in [5.74, 6) is 0.401. The first-order chi connectivity index (χ1) is 17.3. The number of benzene rings is 3. The molecule has 0 aliphatic heterocycles. The van der Waals surface area contributed by atoms with Crippen molar-refractivity contribution < 1.29 is 31.6 Å². The quantitative estimate of drug-likeness (QED) is 0.217. The van der Waals surface area contributed by atoms with E-state index in [1.165, 1.54) is 44.7 Å². The SMILES string of the molecule is CCCOc1ccc(C(=O)N/N=C/c2cc(Cl)c(OS(=O)(=O)c3ccccc3)c(OC)c2)cc1OC. The van der Waals surface area contributed by atoms with Gasteiger partial charge < -0.3 is 18.4 Å². The summed E-state index contributed by atoms with van der Waals surface area (Å²) >= 11 is 6.28. The van der Waals surface area contributed by atoms with E-state index >= 15 is 0 Å². The second-order valence-corrected chi connectivity index (χ2v) is 9.25. The largest absolute Gasteiger partial charge is 0.493 e. The number of hydrogen-bond acceptors (Lipinski definition) is 8. The van der Waals surface area contributed by atoms with E-state index in [1.807, 2.05) is 6.92 Å². The lowest BCUT2D eigenvalue weighted by Gasteiger charge is -2.13. The molecule has 3 aromatic rings. The summed E-state index contributed by atoms with van der Waals surface area (Å²) in [5, 5.41) is 3.92. The minimum Gasteiger partial charge on any atom is -0.493 e. The van der Waals surface area contributed by atoms with Crippen molar-refractivity contribution >= 4 is 33.8 Å². The third kappa shape index (κ3) is 6.67. The van der Waals surface area contributed by atoms with Crippen LogP contribution in [-0.4, -0.2) is 41.4 Å². The average Bonchev–Trinajstić information content (AvgIpc) is 2.89. The average molecular weight is 533 g/mol. The van der Waals surface area contributed by atoms with Crippen LogP contribution in [0.25, 0.3) is 0 Å². The monoisotopic (exact) mass is 532 g/mol. The molecule has 0 heterocycles. The standard InChI is InChI=1S/C25H25ClN2O7S/c1-4-12-34-21-11-10-18(15-22(21)32-2)25(29)28-27-16-17-13-20(26)24(23(14-17)33-3)35-36(30,31)19-8-6-5-7-9-19/h5-11,13-16H,4,12H2,1-3H3,(H,28,29)/b27-16+. The van der Waals surface area contributed by atoms with Crippen molar-refractivity contribution in [3.8, 4) is 23.0 Å². The number of hydrazone groups is 1. The van der Waals surface area contributed by atoms with Gasteiger partial charge in [0.15, 0.2) is 17.2 Å². The molecule has 0 radical (unpaired) electrons. The van der Waals surface area contributed by atoms with Gasteiger partial charge in [0.1, 0.15) is 4.90 Å². The Morgan fingerprint density at radius 1 is 1.00 bits per heavy atom. The number of amides is 1. The van der Waals surface area contributed by atoms with Crippen LogP contribution in [0.2, 0.25) is 5.02 Å². The van der Waals surface area contributed by atoms with Crippen LogP contribution in [-0.2, 0) is 10.1 Å². The molecular weight excluding hydrogens is 508 g/mol. The normalized spacial score (nSPS) is 11.2. The first-order valence-corrected chi connectivity index (χ1v) is 12.6. The van der Waals surface area contributed by atoms with Crippen molar-refractivity contribution in [3.05, 3.63) is 76.8 Å². The van der Waals surface area contributed by atoms with E-state index in [1.54, 1.807) is 36.4 Å². The molecule has 0 bridgehead atoms. The molecule has 0 saturated carbocycles. The molecule has 0 aliphatic rings. The fourth-order valence-electron chi connectivity index (χ4n) is 3.01. The van der Waals surface area contributed by atoms with Gasteiger partial charge in [-0.25, -0.2) is 5.43 Å². The highest BCUT2D eigenvalue weighted by atomic mass is 35.5. The fraction of sp³-hybridized carbons (Fsp3) is 0.200. The summed E-state index contributed by atoms with van der Waals surface area (Å²) in [6.07, 6.45) is 2.17. The highest BCUT2D eigenvalue weighted by Gasteiger charge is 2.22. The zero-order chi connectivity index (χ0) is 26.1. The first kappa shape index (κ1) is 26.8. The number of nitrogens with zero attached hydrogens (tertiary/aromatic N) is 1. The molecule has 3 rings (SSSR count). The maximum atomic E-state index is 12.6. The predicted octanol–water partition coefficient (Wildman–Crippen LogP) is 4.68. The lowest BCUT2D eigenvalue weighted by atomic mass is 10.2. The number of hydrogen-bond donors (Lipinski definition) is 1. The van der Waals surface area contributed by atoms with E-state index in [4.69, 9.17) is 30.0 Å². The molecule has 0 fully saturated rings. The summed E-state index contributed by atoms with van der Waals surface area (Å²) in [4.78, 5) is 12.5. The molecule has 190 valence electrons. The van der Waals surface area contributed by atoms with Crippen LogP contribution in [0.1, 0.15) is 29.3 Å². The molecule has 36 heavy (non-hydrogen) atoms. The molecule has 0 spiro atoms. The lowest BCUT2D eigenvalue weighted by molar-refractivity contribution is 0.0954. The maximum Gasteiger partial charge on any atom is 0.339 e. The summed E-state index contributed by atoms with van der Waals surface area (Å²) in [5.41, 5.74) is 3.17. The van der Waals surface area contributed by atoms with Crippen LogP contribution in [0.3, 0.4) is 0 Å². The minimum atomic E-state index is -4.13. The summed E-state index contributed by atoms with van der Waals surface area (Å²) in [6.45, 7) is 2.52. The van der Waals surface area contributed by atoms with Gasteiger partial charge in [0.05, 0.1) is 32.1 Å². The number of carbonyl (C=O) groups excluding carboxylic acids is 1. The summed E-state index contributed by atoms with van der Waals surface area (Å²) in [7, 11) is -1.29. The van der Waals surface area contributed by atoms with Gasteiger partial charge in [-0.2, -0.15) is 13.5 Å². The van der Waals surface area contributed by atoms with E-state index in [9.17, 15) is 13.2 Å². The number of methoxy groups -OCH3 is 2. The van der Waals surface area contributed by atoms with Gasteiger partial charge in [-0.3, -0.25) is 4.79 Å². The Bertz CT molecular complexity index is 1350. The van der Waals surface area contributed by atoms with Gasteiger partial charge in [0.25, 0.3) is 5.91 Å². The minimum absolute atomic E-state index is 0.0194. The molecule has 3 aromatic carbocycles. The van der Waals surface area contributed by atoms with Gasteiger partial charge in [0.2, 0.25) is 5.75 Å². The molecular formula is C25H25ClN2O7S. The van der Waals surface area contributed by atoms with Crippen LogP contribution in [0, 0.1) is 0 Å². The third-order valence-electron chi connectivity index (χ3n) is 4.74. The van der Waals surface area contributed by atoms with Crippen LogP contribution >= 0.6 is 11.6 Å². The van der Waals surface area contributed by atoms with Gasteiger partial charge in [-0.15, -0.1) is 0 Å². The maximum absolute atomic E-state index is 12.6. The Labute approximate surface area is 214 Å². The molecule has 11 heteroatoms. The molecule has 0 atom stereocenters. The van der Waals surface area contributed by atoms with Crippen molar-refractivity contribution in [3.63, 3.8) is 0 Å². The van der Waals surface area contributed by atoms with Crippen LogP contribution in [0.15, 0.2) is 70.7 Å². The Morgan fingerprint density at radius 2 is 1.72 bits per heavy atom. The number of carbonyl (C=O) groups is 1. The molecule has 0 saturated heterocycles. The highest BCUT2D eigenvalue weighted by molar-refractivity contribution is 7.87. The van der Waals surface area contributed by atoms with Crippen molar-refractivity contribution in [1.29, 1.82) is 0 Å². The number of halogens is 1. The predicted molar refractivity (Wildman–Crippen MR) is 136 cm³/mol. The van der Waals surface area contributed by atoms with Gasteiger partial charge in [-0.1, -0.05) is 36.7 Å². The van der Waals surface area contributed by atoms with Crippen molar-refractivity contribution in [2.45, 2.75) is 18.2 Å². The van der Waals surface area contributed by atoms with Crippen LogP contribution in [0.4, 0.5) is 0 Å². The van der Waals surface area contributed by atoms with Crippen molar-refractivity contribution in [1.82, 2.24) is 5.43 Å². The number of nitrogens with one attached hydrogen (secondary N) is 1. The Morgan fingerprint density at radius 3 is 2.39 bits per heavy atom. The highest BCUT2D eigenvalue weighted by Crippen LogP contribution is 2.38. The molecule has 0 aliphatic carbocycles. The van der Waals surface area contributed by atoms with Crippen LogP contribution in [0.5, 0.6) is 23.0 Å². The van der Waals surface area contributed by atoms with Crippen LogP contribution < -0.4 is 23.8 Å². The second-order valence-electron chi connectivity index (χ2n) is 7.30. The van der Waals surface area contributed by atoms with Gasteiger partial charge in [-0.05, 0) is 54.4 Å². The molecule has 9 nitrogen and oxygen atoms in total. The first-order valence-electron chi connectivity index (χ1n) is 10.8. The summed E-state index contributed by atoms with van der Waals surface area (Å²) in [6, 6.07) is 15.3. The van der Waals surface area contributed by atoms with Crippen molar-refractivity contribution in [2.24, 2.45) is 5.10 Å². The fourth-order valence-corrected chi connectivity index (χ4v) is 4.29. The topological polar surface area (TPSA) is 113 Å². The Balaban J connectivity index is 1.74. The number of rotatable bonds is 11. The second kappa shape index (κ2) is 12.3. The van der Waals surface area contributed by atoms with E-state index < -0.39 is 16.0 Å². The lowest BCUT2D eigenvalue weighted by Crippen LogP contribution is -2.17. The van der Waals surface area contributed by atoms with Gasteiger partial charge >= 0.3 is 10.1 Å². The molecule has 0 aromatic heterocycles. The Kier molecular flexibility index (Phi) is 9.15. The zero-order valence-corrected chi connectivity index (χ0v) is 21.4. The molecule has 0 unspecified atom stereocenters. The zero-order valence-electron chi connectivity index (χ0n) is 19.9. The van der Waals surface area contributed by atoms with E-state index in [0.717, 1.165) is 6.42 Å². The van der Waals surface area contributed by atoms with Gasteiger partial charge in [0, 0.05) is 5.56 Å². The summed E-state index contributed by atoms with van der Waals surface area (Å²) < 4.78 is 46.5. The van der Waals surface area contributed by atoms with Crippen molar-refractivity contribution in [2.75, 3.05) is 20.8 Å². The van der Waals surface area contributed by atoms with E-state index in [-0.39, 0.29) is 21.4 Å². The number of ether oxygens (including phenoxy) is 3. The third-order valence-corrected chi connectivity index (χ3v) is 6.26. The smallest absolute Gasteiger partial charge is 0.339 e. The Hall–Kier alpha value is -3.76. The molecule has 1 amide bonds. The molecule has 1 N–H and O–H groups in total. The van der Waals surface area contributed by atoms with E-state index in [2.05, 4.69) is 10.5 Å². The van der Waals surface area contributed by atoms with E-state index in [0.29, 0.717) is 29.2 Å².